The van der Waals surface area contributed by atoms with Crippen molar-refractivity contribution in [2.45, 2.75) is 19.8 Å². The lowest BCUT2D eigenvalue weighted by molar-refractivity contribution is 0.0571. The summed E-state index contributed by atoms with van der Waals surface area (Å²) < 4.78 is 5.32. The van der Waals surface area contributed by atoms with Gasteiger partial charge in [0.05, 0.1) is 6.54 Å². The van der Waals surface area contributed by atoms with E-state index >= 15 is 0 Å². The third-order valence-electron chi connectivity index (χ3n) is 2.44. The van der Waals surface area contributed by atoms with Crippen molar-refractivity contribution >= 4 is 0 Å². The van der Waals surface area contributed by atoms with E-state index in [1.54, 1.807) is 0 Å². The highest BCUT2D eigenvalue weighted by Crippen LogP contribution is 2.14. The summed E-state index contributed by atoms with van der Waals surface area (Å²) in [4.78, 5) is 2.30. The van der Waals surface area contributed by atoms with Gasteiger partial charge in [-0.15, -0.1) is 5.92 Å². The van der Waals surface area contributed by atoms with Crippen molar-refractivity contribution in [3.8, 4) is 11.8 Å². The zero-order valence-corrected chi connectivity index (χ0v) is 8.68. The zero-order chi connectivity index (χ0) is 9.52. The molecule has 0 radical (unpaired) electrons. The predicted molar refractivity (Wildman–Crippen MR) is 54.5 cm³/mol. The molecule has 13 heavy (non-hydrogen) atoms. The van der Waals surface area contributed by atoms with Crippen LogP contribution in [0.4, 0.5) is 0 Å². The molecule has 1 rings (SSSR count). The monoisotopic (exact) mass is 181 g/mol. The molecule has 0 N–H and O–H groups in total. The average Bonchev–Trinajstić information content (AvgIpc) is 2.16. The molecule has 0 spiro atoms. The summed E-state index contributed by atoms with van der Waals surface area (Å²) in [6.07, 6.45) is 2.42. The van der Waals surface area contributed by atoms with Gasteiger partial charge in [0.15, 0.2) is 0 Å². The fourth-order valence-electron chi connectivity index (χ4n) is 1.65. The lowest BCUT2D eigenvalue weighted by Crippen LogP contribution is -2.29. The van der Waals surface area contributed by atoms with Crippen LogP contribution in [-0.2, 0) is 4.74 Å². The van der Waals surface area contributed by atoms with E-state index in [2.05, 4.69) is 23.8 Å². The van der Waals surface area contributed by atoms with E-state index < -0.39 is 0 Å². The summed E-state index contributed by atoms with van der Waals surface area (Å²) in [6, 6.07) is 0. The van der Waals surface area contributed by atoms with Crippen molar-refractivity contribution < 1.29 is 4.74 Å². The lowest BCUT2D eigenvalue weighted by atomic mass is 10.00. The Kier molecular flexibility index (Phi) is 4.88. The van der Waals surface area contributed by atoms with E-state index in [4.69, 9.17) is 4.74 Å². The molecule has 2 heteroatoms. The smallest absolute Gasteiger partial charge is 0.0599 e. The molecule has 0 aromatic rings. The Morgan fingerprint density at radius 1 is 1.38 bits per heavy atom. The van der Waals surface area contributed by atoms with E-state index in [-0.39, 0.29) is 0 Å². The van der Waals surface area contributed by atoms with E-state index in [1.807, 2.05) is 6.92 Å². The van der Waals surface area contributed by atoms with Crippen LogP contribution >= 0.6 is 0 Å². The molecule has 0 unspecified atom stereocenters. The molecule has 2 nitrogen and oxygen atoms in total. The Morgan fingerprint density at radius 3 is 2.69 bits per heavy atom. The quantitative estimate of drug-likeness (QED) is 0.610. The van der Waals surface area contributed by atoms with Crippen LogP contribution in [-0.4, -0.2) is 38.3 Å². The number of hydrogen-bond acceptors (Lipinski definition) is 2. The molecular weight excluding hydrogens is 162 g/mol. The van der Waals surface area contributed by atoms with Crippen LogP contribution < -0.4 is 0 Å². The number of rotatable bonds is 3. The molecule has 0 bridgehead atoms. The number of hydrogen-bond donors (Lipinski definition) is 0. The molecule has 0 saturated carbocycles. The van der Waals surface area contributed by atoms with Gasteiger partial charge in [-0.1, -0.05) is 5.92 Å². The average molecular weight is 181 g/mol. The SMILES string of the molecule is CC#CCN(C)CC1CCOCC1. The minimum Gasteiger partial charge on any atom is -0.381 e. The van der Waals surface area contributed by atoms with Crippen molar-refractivity contribution in [3.05, 3.63) is 0 Å². The molecule has 0 atom stereocenters. The van der Waals surface area contributed by atoms with E-state index in [9.17, 15) is 0 Å². The summed E-state index contributed by atoms with van der Waals surface area (Å²) in [5.41, 5.74) is 0. The van der Waals surface area contributed by atoms with Gasteiger partial charge in [-0.2, -0.15) is 0 Å². The maximum atomic E-state index is 5.32. The Morgan fingerprint density at radius 2 is 2.08 bits per heavy atom. The minimum atomic E-state index is 0.817. The predicted octanol–water partition coefficient (Wildman–Crippen LogP) is 1.37. The standard InChI is InChI=1S/C11H19NO/c1-3-4-7-12(2)10-11-5-8-13-9-6-11/h11H,5-10H2,1-2H3. The fraction of sp³-hybridized carbons (Fsp3) is 0.818. The molecule has 1 aliphatic heterocycles. The number of ether oxygens (including phenoxy) is 1. The normalized spacial score (nSPS) is 18.4. The van der Waals surface area contributed by atoms with E-state index in [0.29, 0.717) is 0 Å². The Balaban J connectivity index is 2.16. The second kappa shape index (κ2) is 6.01. The maximum Gasteiger partial charge on any atom is 0.0599 e. The van der Waals surface area contributed by atoms with Crippen LogP contribution in [0.2, 0.25) is 0 Å². The summed E-state index contributed by atoms with van der Waals surface area (Å²) >= 11 is 0. The van der Waals surface area contributed by atoms with Crippen LogP contribution in [0.1, 0.15) is 19.8 Å². The Bertz CT molecular complexity index is 186. The summed E-state index contributed by atoms with van der Waals surface area (Å²) in [5, 5.41) is 0. The molecule has 0 aliphatic carbocycles. The molecule has 0 amide bonds. The second-order valence-corrected chi connectivity index (χ2v) is 3.68. The third-order valence-corrected chi connectivity index (χ3v) is 2.44. The van der Waals surface area contributed by atoms with Gasteiger partial charge in [0.25, 0.3) is 0 Å². The van der Waals surface area contributed by atoms with Gasteiger partial charge in [0.2, 0.25) is 0 Å². The Hall–Kier alpha value is -0.520. The third kappa shape index (κ3) is 4.31. The fourth-order valence-corrected chi connectivity index (χ4v) is 1.65. The molecule has 1 heterocycles. The van der Waals surface area contributed by atoms with Gasteiger partial charge in [-0.05, 0) is 32.7 Å². The molecule has 0 aromatic carbocycles. The second-order valence-electron chi connectivity index (χ2n) is 3.68. The van der Waals surface area contributed by atoms with E-state index in [0.717, 1.165) is 32.2 Å². The molecule has 1 saturated heterocycles. The largest absolute Gasteiger partial charge is 0.381 e. The highest BCUT2D eigenvalue weighted by atomic mass is 16.5. The molecule has 1 fully saturated rings. The van der Waals surface area contributed by atoms with Crippen molar-refractivity contribution in [2.24, 2.45) is 5.92 Å². The van der Waals surface area contributed by atoms with Crippen LogP contribution in [0.15, 0.2) is 0 Å². The van der Waals surface area contributed by atoms with Crippen LogP contribution in [0.3, 0.4) is 0 Å². The van der Waals surface area contributed by atoms with Gasteiger partial charge in [0, 0.05) is 19.8 Å². The highest BCUT2D eigenvalue weighted by Gasteiger charge is 2.14. The van der Waals surface area contributed by atoms with Gasteiger partial charge in [-0.25, -0.2) is 0 Å². The van der Waals surface area contributed by atoms with E-state index in [1.165, 1.54) is 12.8 Å². The van der Waals surface area contributed by atoms with Crippen molar-refractivity contribution in [3.63, 3.8) is 0 Å². The first-order valence-corrected chi connectivity index (χ1v) is 4.99. The van der Waals surface area contributed by atoms with Gasteiger partial charge in [-0.3, -0.25) is 4.90 Å². The molecule has 74 valence electrons. The van der Waals surface area contributed by atoms with Crippen LogP contribution in [0.5, 0.6) is 0 Å². The molecule has 0 aromatic heterocycles. The van der Waals surface area contributed by atoms with Crippen molar-refractivity contribution in [2.75, 3.05) is 33.4 Å². The van der Waals surface area contributed by atoms with Crippen LogP contribution in [0, 0.1) is 17.8 Å². The molecule has 1 aliphatic rings. The first kappa shape index (κ1) is 10.6. The van der Waals surface area contributed by atoms with Crippen molar-refractivity contribution in [1.82, 2.24) is 4.90 Å². The topological polar surface area (TPSA) is 12.5 Å². The Labute approximate surface area is 81.3 Å². The van der Waals surface area contributed by atoms with Crippen LogP contribution in [0.25, 0.3) is 0 Å². The highest BCUT2D eigenvalue weighted by molar-refractivity contribution is 4.97. The van der Waals surface area contributed by atoms with Gasteiger partial charge >= 0.3 is 0 Å². The van der Waals surface area contributed by atoms with Gasteiger partial charge in [0.1, 0.15) is 0 Å². The first-order chi connectivity index (χ1) is 6.33. The maximum absolute atomic E-state index is 5.32. The molecular formula is C11H19NO. The zero-order valence-electron chi connectivity index (χ0n) is 8.68. The first-order valence-electron chi connectivity index (χ1n) is 4.99. The van der Waals surface area contributed by atoms with Gasteiger partial charge < -0.3 is 4.74 Å². The minimum absolute atomic E-state index is 0.817. The summed E-state index contributed by atoms with van der Waals surface area (Å²) in [7, 11) is 2.14. The number of nitrogens with zero attached hydrogens (tertiary/aromatic N) is 1. The summed E-state index contributed by atoms with van der Waals surface area (Å²) in [5.74, 6) is 6.82. The lowest BCUT2D eigenvalue weighted by Gasteiger charge is -2.25. The van der Waals surface area contributed by atoms with Crippen molar-refractivity contribution in [1.29, 1.82) is 0 Å². The summed E-state index contributed by atoms with van der Waals surface area (Å²) in [6.45, 7) is 5.84.